The van der Waals surface area contributed by atoms with Crippen LogP contribution in [0.3, 0.4) is 0 Å². The predicted octanol–water partition coefficient (Wildman–Crippen LogP) is 3.57. The second-order valence-corrected chi connectivity index (χ2v) is 5.49. The summed E-state index contributed by atoms with van der Waals surface area (Å²) < 4.78 is 2.00. The number of hydrogen-bond donors (Lipinski definition) is 0. The van der Waals surface area contributed by atoms with Crippen LogP contribution in [0.1, 0.15) is 32.5 Å². The van der Waals surface area contributed by atoms with Crippen LogP contribution >= 0.6 is 23.4 Å². The monoisotopic (exact) mass is 246 g/mol. The van der Waals surface area contributed by atoms with Crippen LogP contribution in [0.15, 0.2) is 12.3 Å². The molecule has 1 aromatic heterocycles. The smallest absolute Gasteiger partial charge is 0.0723 e. The third-order valence-electron chi connectivity index (χ3n) is 2.11. The molecule has 4 heteroatoms. The van der Waals surface area contributed by atoms with E-state index < -0.39 is 0 Å². The molecule has 0 fully saturated rings. The molecule has 1 rings (SSSR count). The highest BCUT2D eigenvalue weighted by molar-refractivity contribution is 7.98. The van der Waals surface area contributed by atoms with Crippen molar-refractivity contribution in [2.75, 3.05) is 11.6 Å². The molecular formula is C11H19ClN2S. The van der Waals surface area contributed by atoms with Gasteiger partial charge in [0.15, 0.2) is 0 Å². The highest BCUT2D eigenvalue weighted by Crippen LogP contribution is 2.15. The molecule has 0 bridgehead atoms. The van der Waals surface area contributed by atoms with E-state index in [1.807, 2.05) is 22.6 Å². The van der Waals surface area contributed by atoms with Crippen LogP contribution in [0.25, 0.3) is 0 Å². The van der Waals surface area contributed by atoms with Gasteiger partial charge in [-0.2, -0.15) is 16.9 Å². The van der Waals surface area contributed by atoms with Crippen molar-refractivity contribution in [3.05, 3.63) is 18.0 Å². The van der Waals surface area contributed by atoms with Crippen LogP contribution in [-0.4, -0.2) is 21.4 Å². The van der Waals surface area contributed by atoms with Crippen molar-refractivity contribution < 1.29 is 0 Å². The van der Waals surface area contributed by atoms with Crippen LogP contribution in [-0.2, 0) is 5.75 Å². The standard InChI is InChI=1S/C11H19ClN2S/c1-9(2)14-5-4-11(13-14)8-15-7-10(3)6-12/h4-5,9-10H,6-8H2,1-3H3. The minimum Gasteiger partial charge on any atom is -0.270 e. The van der Waals surface area contributed by atoms with Crippen LogP contribution in [0.5, 0.6) is 0 Å². The minimum atomic E-state index is 0.450. The van der Waals surface area contributed by atoms with Crippen molar-refractivity contribution in [3.8, 4) is 0 Å². The molecule has 0 aliphatic heterocycles. The average molecular weight is 247 g/mol. The van der Waals surface area contributed by atoms with Gasteiger partial charge < -0.3 is 0 Å². The third-order valence-corrected chi connectivity index (χ3v) is 3.94. The zero-order valence-corrected chi connectivity index (χ0v) is 11.2. The molecule has 0 aliphatic carbocycles. The first-order valence-electron chi connectivity index (χ1n) is 5.31. The molecule has 0 radical (unpaired) electrons. The zero-order chi connectivity index (χ0) is 11.3. The largest absolute Gasteiger partial charge is 0.270 e. The van der Waals surface area contributed by atoms with Gasteiger partial charge in [-0.05, 0) is 31.6 Å². The molecule has 0 saturated carbocycles. The molecular weight excluding hydrogens is 228 g/mol. The summed E-state index contributed by atoms with van der Waals surface area (Å²) in [4.78, 5) is 0. The molecule has 1 atom stereocenters. The Balaban J connectivity index is 2.31. The topological polar surface area (TPSA) is 17.8 Å². The fourth-order valence-corrected chi connectivity index (χ4v) is 2.39. The van der Waals surface area contributed by atoms with Crippen LogP contribution < -0.4 is 0 Å². The van der Waals surface area contributed by atoms with Gasteiger partial charge in [-0.25, -0.2) is 0 Å². The van der Waals surface area contributed by atoms with Crippen molar-refractivity contribution in [2.24, 2.45) is 5.92 Å². The van der Waals surface area contributed by atoms with Crippen LogP contribution in [0.2, 0.25) is 0 Å². The van der Waals surface area contributed by atoms with Crippen molar-refractivity contribution in [3.63, 3.8) is 0 Å². The Morgan fingerprint density at radius 3 is 2.73 bits per heavy atom. The molecule has 1 heterocycles. The molecule has 1 unspecified atom stereocenters. The fourth-order valence-electron chi connectivity index (χ4n) is 1.15. The van der Waals surface area contributed by atoms with E-state index in [9.17, 15) is 0 Å². The van der Waals surface area contributed by atoms with E-state index in [0.717, 1.165) is 23.1 Å². The summed E-state index contributed by atoms with van der Waals surface area (Å²) in [5.41, 5.74) is 1.16. The molecule has 1 aromatic rings. The summed E-state index contributed by atoms with van der Waals surface area (Å²) in [6.45, 7) is 6.45. The molecule has 0 saturated heterocycles. The molecule has 2 nitrogen and oxygen atoms in total. The number of nitrogens with zero attached hydrogens (tertiary/aromatic N) is 2. The van der Waals surface area contributed by atoms with E-state index in [0.29, 0.717) is 12.0 Å². The van der Waals surface area contributed by atoms with Gasteiger partial charge in [0.05, 0.1) is 5.69 Å². The van der Waals surface area contributed by atoms with E-state index in [-0.39, 0.29) is 0 Å². The average Bonchev–Trinajstić information content (AvgIpc) is 2.66. The predicted molar refractivity (Wildman–Crippen MR) is 68.7 cm³/mol. The number of rotatable bonds is 6. The Morgan fingerprint density at radius 2 is 2.20 bits per heavy atom. The quantitative estimate of drug-likeness (QED) is 0.715. The molecule has 0 spiro atoms. The lowest BCUT2D eigenvalue weighted by Gasteiger charge is -2.06. The van der Waals surface area contributed by atoms with Gasteiger partial charge in [-0.3, -0.25) is 4.68 Å². The number of thioether (sulfide) groups is 1. The lowest BCUT2D eigenvalue weighted by molar-refractivity contribution is 0.528. The number of aromatic nitrogens is 2. The van der Waals surface area contributed by atoms with Gasteiger partial charge in [0.2, 0.25) is 0 Å². The van der Waals surface area contributed by atoms with E-state index in [4.69, 9.17) is 11.6 Å². The second-order valence-electron chi connectivity index (χ2n) is 4.16. The summed E-state index contributed by atoms with van der Waals surface area (Å²) in [5.74, 6) is 3.43. The molecule has 86 valence electrons. The number of hydrogen-bond acceptors (Lipinski definition) is 2. The fraction of sp³-hybridized carbons (Fsp3) is 0.727. The Hall–Kier alpha value is -0.150. The Bertz CT molecular complexity index is 286. The van der Waals surface area contributed by atoms with E-state index in [1.54, 1.807) is 0 Å². The van der Waals surface area contributed by atoms with Crippen molar-refractivity contribution in [1.29, 1.82) is 0 Å². The Labute approximate surface area is 101 Å². The second kappa shape index (κ2) is 6.44. The highest BCUT2D eigenvalue weighted by atomic mass is 35.5. The first-order chi connectivity index (χ1) is 7.13. The van der Waals surface area contributed by atoms with Gasteiger partial charge in [0, 0.05) is 23.9 Å². The molecule has 0 amide bonds. The van der Waals surface area contributed by atoms with Crippen molar-refractivity contribution in [2.45, 2.75) is 32.6 Å². The highest BCUT2D eigenvalue weighted by Gasteiger charge is 2.04. The Morgan fingerprint density at radius 1 is 1.47 bits per heavy atom. The summed E-state index contributed by atoms with van der Waals surface area (Å²) >= 11 is 7.65. The maximum Gasteiger partial charge on any atom is 0.0723 e. The van der Waals surface area contributed by atoms with Gasteiger partial charge in [-0.15, -0.1) is 11.6 Å². The molecule has 15 heavy (non-hydrogen) atoms. The lowest BCUT2D eigenvalue weighted by atomic mass is 10.3. The molecule has 0 aromatic carbocycles. The zero-order valence-electron chi connectivity index (χ0n) is 9.61. The lowest BCUT2D eigenvalue weighted by Crippen LogP contribution is -2.02. The van der Waals surface area contributed by atoms with Crippen LogP contribution in [0, 0.1) is 5.92 Å². The SMILES string of the molecule is CC(CCl)CSCc1ccn(C(C)C)n1. The maximum atomic E-state index is 5.75. The third kappa shape index (κ3) is 4.47. The van der Waals surface area contributed by atoms with Crippen molar-refractivity contribution >= 4 is 23.4 Å². The Kier molecular flexibility index (Phi) is 5.54. The van der Waals surface area contributed by atoms with E-state index in [2.05, 4.69) is 31.9 Å². The van der Waals surface area contributed by atoms with Gasteiger partial charge in [-0.1, -0.05) is 6.92 Å². The molecule has 0 N–H and O–H groups in total. The number of alkyl halides is 1. The van der Waals surface area contributed by atoms with Crippen LogP contribution in [0.4, 0.5) is 0 Å². The molecule has 0 aliphatic rings. The van der Waals surface area contributed by atoms with E-state index in [1.165, 1.54) is 0 Å². The summed E-state index contributed by atoms with van der Waals surface area (Å²) in [5, 5.41) is 4.50. The minimum absolute atomic E-state index is 0.450. The summed E-state index contributed by atoms with van der Waals surface area (Å²) in [7, 11) is 0. The van der Waals surface area contributed by atoms with Crippen molar-refractivity contribution in [1.82, 2.24) is 9.78 Å². The van der Waals surface area contributed by atoms with Gasteiger partial charge >= 0.3 is 0 Å². The van der Waals surface area contributed by atoms with Gasteiger partial charge in [0.1, 0.15) is 0 Å². The van der Waals surface area contributed by atoms with Gasteiger partial charge in [0.25, 0.3) is 0 Å². The normalized spacial score (nSPS) is 13.4. The summed E-state index contributed by atoms with van der Waals surface area (Å²) in [6, 6.07) is 2.55. The number of halogens is 1. The van der Waals surface area contributed by atoms with E-state index >= 15 is 0 Å². The first-order valence-corrected chi connectivity index (χ1v) is 7.00. The summed E-state index contributed by atoms with van der Waals surface area (Å²) in [6.07, 6.45) is 2.05. The maximum absolute atomic E-state index is 5.75. The first kappa shape index (κ1) is 12.9.